The largest absolute Gasteiger partial charge is 0.464 e. The van der Waals surface area contributed by atoms with Gasteiger partial charge < -0.3 is 9.32 Å². The molecule has 0 saturated carbocycles. The van der Waals surface area contributed by atoms with Crippen LogP contribution in [0.1, 0.15) is 0 Å². The first-order valence-electron chi connectivity index (χ1n) is 8.01. The highest BCUT2D eigenvalue weighted by molar-refractivity contribution is 7.90. The minimum absolute atomic E-state index is 0.210. The standard InChI is InChI=1S/C19H17N3O3S/c1-21(2)14-11-16-17(18-9-6-10-25-18)13-22(19(16)20-12-14)26(23,24)15-7-4-3-5-8-15/h3-13H,1-2H3. The van der Waals surface area contributed by atoms with E-state index in [9.17, 15) is 8.42 Å². The van der Waals surface area contributed by atoms with Gasteiger partial charge in [-0.2, -0.15) is 0 Å². The first kappa shape index (κ1) is 16.4. The van der Waals surface area contributed by atoms with Gasteiger partial charge in [-0.3, -0.25) is 0 Å². The SMILES string of the molecule is CN(C)c1cnc2c(c1)c(-c1ccco1)cn2S(=O)(=O)c1ccccc1. The van der Waals surface area contributed by atoms with Gasteiger partial charge in [0.05, 0.1) is 23.0 Å². The Labute approximate surface area is 151 Å². The van der Waals surface area contributed by atoms with Crippen molar-refractivity contribution in [3.63, 3.8) is 0 Å². The molecule has 0 aliphatic carbocycles. The number of rotatable bonds is 4. The average molecular weight is 367 g/mol. The lowest BCUT2D eigenvalue weighted by Gasteiger charge is -2.12. The monoisotopic (exact) mass is 367 g/mol. The molecular weight excluding hydrogens is 350 g/mol. The highest BCUT2D eigenvalue weighted by atomic mass is 32.2. The van der Waals surface area contributed by atoms with E-state index in [1.807, 2.05) is 25.1 Å². The van der Waals surface area contributed by atoms with Crippen molar-refractivity contribution < 1.29 is 12.8 Å². The van der Waals surface area contributed by atoms with Crippen LogP contribution in [0.4, 0.5) is 5.69 Å². The van der Waals surface area contributed by atoms with Crippen LogP contribution in [-0.4, -0.2) is 31.5 Å². The first-order chi connectivity index (χ1) is 12.5. The van der Waals surface area contributed by atoms with Gasteiger partial charge in [0.1, 0.15) is 5.76 Å². The van der Waals surface area contributed by atoms with Crippen molar-refractivity contribution in [1.29, 1.82) is 0 Å². The van der Waals surface area contributed by atoms with E-state index < -0.39 is 10.0 Å². The van der Waals surface area contributed by atoms with E-state index in [4.69, 9.17) is 4.42 Å². The van der Waals surface area contributed by atoms with Gasteiger partial charge in [-0.25, -0.2) is 17.4 Å². The van der Waals surface area contributed by atoms with Gasteiger partial charge in [0.15, 0.2) is 5.65 Å². The molecule has 1 aromatic carbocycles. The molecule has 0 aliphatic rings. The zero-order valence-corrected chi connectivity index (χ0v) is 15.1. The fraction of sp³-hybridized carbons (Fsp3) is 0.105. The lowest BCUT2D eigenvalue weighted by molar-refractivity contribution is 0.582. The van der Waals surface area contributed by atoms with Crippen LogP contribution in [0.15, 0.2) is 76.5 Å². The second kappa shape index (κ2) is 6.03. The molecule has 7 heteroatoms. The Balaban J connectivity index is 2.02. The fourth-order valence-corrected chi connectivity index (χ4v) is 4.18. The van der Waals surface area contributed by atoms with Crippen molar-refractivity contribution in [3.8, 4) is 11.3 Å². The van der Waals surface area contributed by atoms with E-state index >= 15 is 0 Å². The van der Waals surface area contributed by atoms with Crippen molar-refractivity contribution in [2.24, 2.45) is 0 Å². The van der Waals surface area contributed by atoms with Gasteiger partial charge >= 0.3 is 0 Å². The van der Waals surface area contributed by atoms with E-state index in [2.05, 4.69) is 4.98 Å². The zero-order valence-electron chi connectivity index (χ0n) is 14.3. The number of fused-ring (bicyclic) bond motifs is 1. The highest BCUT2D eigenvalue weighted by Crippen LogP contribution is 2.34. The quantitative estimate of drug-likeness (QED) is 0.551. The van der Waals surface area contributed by atoms with Gasteiger partial charge in [0.2, 0.25) is 0 Å². The third-order valence-corrected chi connectivity index (χ3v) is 5.86. The van der Waals surface area contributed by atoms with Gasteiger partial charge in [-0.1, -0.05) is 18.2 Å². The first-order valence-corrected chi connectivity index (χ1v) is 9.45. The molecule has 0 saturated heterocycles. The Kier molecular flexibility index (Phi) is 3.81. The molecule has 3 aromatic heterocycles. The molecule has 0 bridgehead atoms. The molecule has 0 N–H and O–H groups in total. The summed E-state index contributed by atoms with van der Waals surface area (Å²) in [7, 11) is 0.0497. The highest BCUT2D eigenvalue weighted by Gasteiger charge is 2.23. The molecular formula is C19H17N3O3S. The molecule has 4 rings (SSSR count). The summed E-state index contributed by atoms with van der Waals surface area (Å²) in [5, 5.41) is 0.714. The van der Waals surface area contributed by atoms with E-state index in [-0.39, 0.29) is 4.90 Å². The lowest BCUT2D eigenvalue weighted by Crippen LogP contribution is -2.13. The van der Waals surface area contributed by atoms with Crippen molar-refractivity contribution in [1.82, 2.24) is 8.96 Å². The van der Waals surface area contributed by atoms with Crippen LogP contribution in [-0.2, 0) is 10.0 Å². The molecule has 0 unspecified atom stereocenters. The van der Waals surface area contributed by atoms with Crippen LogP contribution in [0.25, 0.3) is 22.4 Å². The number of benzene rings is 1. The third-order valence-electron chi connectivity index (χ3n) is 4.20. The minimum Gasteiger partial charge on any atom is -0.464 e. The van der Waals surface area contributed by atoms with Crippen LogP contribution in [0, 0.1) is 0 Å². The average Bonchev–Trinajstić information content (AvgIpc) is 3.29. The van der Waals surface area contributed by atoms with Crippen LogP contribution < -0.4 is 4.90 Å². The lowest BCUT2D eigenvalue weighted by atomic mass is 10.1. The van der Waals surface area contributed by atoms with Crippen LogP contribution in [0.3, 0.4) is 0 Å². The van der Waals surface area contributed by atoms with Gasteiger partial charge in [0, 0.05) is 31.2 Å². The van der Waals surface area contributed by atoms with Crippen LogP contribution >= 0.6 is 0 Å². The van der Waals surface area contributed by atoms with Crippen molar-refractivity contribution in [3.05, 3.63) is 67.2 Å². The Morgan fingerprint density at radius 1 is 1.08 bits per heavy atom. The summed E-state index contributed by atoms with van der Waals surface area (Å²) in [6.07, 6.45) is 4.79. The van der Waals surface area contributed by atoms with Crippen LogP contribution in [0.5, 0.6) is 0 Å². The predicted molar refractivity (Wildman–Crippen MR) is 101 cm³/mol. The normalized spacial score (nSPS) is 11.8. The summed E-state index contributed by atoms with van der Waals surface area (Å²) < 4.78 is 33.0. The molecule has 0 spiro atoms. The summed E-state index contributed by atoms with van der Waals surface area (Å²) in [5.41, 5.74) is 1.92. The summed E-state index contributed by atoms with van der Waals surface area (Å²) in [4.78, 5) is 6.55. The molecule has 3 heterocycles. The number of hydrogen-bond donors (Lipinski definition) is 0. The second-order valence-electron chi connectivity index (χ2n) is 6.09. The molecule has 0 fully saturated rings. The van der Waals surface area contributed by atoms with E-state index in [0.29, 0.717) is 22.4 Å². The van der Waals surface area contributed by atoms with Gasteiger partial charge in [0.25, 0.3) is 10.0 Å². The van der Waals surface area contributed by atoms with Crippen molar-refractivity contribution in [2.75, 3.05) is 19.0 Å². The van der Waals surface area contributed by atoms with E-state index in [0.717, 1.165) is 5.69 Å². The summed E-state index contributed by atoms with van der Waals surface area (Å²) in [6.45, 7) is 0. The van der Waals surface area contributed by atoms with E-state index in [1.165, 1.54) is 3.97 Å². The summed E-state index contributed by atoms with van der Waals surface area (Å²) in [6, 6.07) is 13.8. The molecule has 0 aliphatic heterocycles. The zero-order chi connectivity index (χ0) is 18.3. The minimum atomic E-state index is -3.77. The Morgan fingerprint density at radius 2 is 1.85 bits per heavy atom. The number of pyridine rings is 1. The summed E-state index contributed by atoms with van der Waals surface area (Å²) >= 11 is 0. The number of furan rings is 1. The molecule has 4 aromatic rings. The Hall–Kier alpha value is -3.06. The number of hydrogen-bond acceptors (Lipinski definition) is 5. The van der Waals surface area contributed by atoms with Crippen molar-refractivity contribution in [2.45, 2.75) is 4.90 Å². The number of aromatic nitrogens is 2. The predicted octanol–water partition coefficient (Wildman–Crippen LogP) is 3.60. The maximum atomic E-state index is 13.1. The molecule has 132 valence electrons. The molecule has 26 heavy (non-hydrogen) atoms. The Morgan fingerprint density at radius 3 is 2.50 bits per heavy atom. The molecule has 0 atom stereocenters. The fourth-order valence-electron chi connectivity index (χ4n) is 2.83. The summed E-state index contributed by atoms with van der Waals surface area (Å²) in [5.74, 6) is 0.592. The topological polar surface area (TPSA) is 68.3 Å². The number of anilines is 1. The van der Waals surface area contributed by atoms with Gasteiger partial charge in [-0.15, -0.1) is 0 Å². The smallest absolute Gasteiger partial charge is 0.269 e. The maximum absolute atomic E-state index is 13.1. The maximum Gasteiger partial charge on any atom is 0.269 e. The Bertz CT molecular complexity index is 1160. The van der Waals surface area contributed by atoms with E-state index in [1.54, 1.807) is 61.1 Å². The van der Waals surface area contributed by atoms with Crippen LogP contribution in [0.2, 0.25) is 0 Å². The third kappa shape index (κ3) is 2.57. The molecule has 0 radical (unpaired) electrons. The molecule has 6 nitrogen and oxygen atoms in total. The van der Waals surface area contributed by atoms with Gasteiger partial charge in [-0.05, 0) is 30.3 Å². The number of nitrogens with zero attached hydrogens (tertiary/aromatic N) is 3. The molecule has 0 amide bonds. The second-order valence-corrected chi connectivity index (χ2v) is 7.91. The van der Waals surface area contributed by atoms with Crippen molar-refractivity contribution >= 4 is 26.7 Å².